The molecule has 0 unspecified atom stereocenters. The number of anilines is 2. The SMILES string of the molecule is CCc1noc2cc(OCCCCCN3CCN(c4ccnc(N)c4)S3(=O)=O)ccc12. The second-order valence-corrected chi connectivity index (χ2v) is 9.32. The quantitative estimate of drug-likeness (QED) is 0.504. The molecule has 1 aliphatic heterocycles. The highest BCUT2D eigenvalue weighted by Gasteiger charge is 2.36. The Labute approximate surface area is 182 Å². The number of hydrogen-bond acceptors (Lipinski definition) is 7. The predicted octanol–water partition coefficient (Wildman–Crippen LogP) is 2.98. The van der Waals surface area contributed by atoms with Crippen molar-refractivity contribution in [1.82, 2.24) is 14.4 Å². The second-order valence-electron chi connectivity index (χ2n) is 7.47. The summed E-state index contributed by atoms with van der Waals surface area (Å²) < 4.78 is 39.6. The average molecular weight is 446 g/mol. The first kappa shape index (κ1) is 21.4. The van der Waals surface area contributed by atoms with Crippen LogP contribution in [0.5, 0.6) is 5.75 Å². The molecule has 0 saturated carbocycles. The molecule has 0 spiro atoms. The Morgan fingerprint density at radius 3 is 2.84 bits per heavy atom. The lowest BCUT2D eigenvalue weighted by Gasteiger charge is -2.20. The molecule has 166 valence electrons. The van der Waals surface area contributed by atoms with Gasteiger partial charge in [0.05, 0.1) is 18.0 Å². The van der Waals surface area contributed by atoms with Gasteiger partial charge in [0.1, 0.15) is 11.6 Å². The maximum Gasteiger partial charge on any atom is 0.304 e. The Hall–Kier alpha value is -2.85. The van der Waals surface area contributed by atoms with Gasteiger partial charge >= 0.3 is 10.2 Å². The molecule has 2 aromatic heterocycles. The van der Waals surface area contributed by atoms with Crippen molar-refractivity contribution in [3.8, 4) is 5.75 Å². The van der Waals surface area contributed by atoms with Gasteiger partial charge in [-0.15, -0.1) is 0 Å². The number of unbranched alkanes of at least 4 members (excludes halogenated alkanes) is 2. The maximum atomic E-state index is 12.8. The number of aromatic nitrogens is 2. The number of rotatable bonds is 9. The van der Waals surface area contributed by atoms with Crippen molar-refractivity contribution >= 4 is 32.7 Å². The van der Waals surface area contributed by atoms with Crippen LogP contribution < -0.4 is 14.8 Å². The Bertz CT molecular complexity index is 1150. The zero-order valence-corrected chi connectivity index (χ0v) is 18.3. The summed E-state index contributed by atoms with van der Waals surface area (Å²) in [6.07, 6.45) is 4.84. The number of fused-ring (bicyclic) bond motifs is 1. The van der Waals surface area contributed by atoms with E-state index in [1.165, 1.54) is 14.8 Å². The molecule has 0 aliphatic carbocycles. The van der Waals surface area contributed by atoms with Gasteiger partial charge in [-0.25, -0.2) is 4.98 Å². The fraction of sp³-hybridized carbons (Fsp3) is 0.429. The molecule has 0 amide bonds. The fourth-order valence-corrected chi connectivity index (χ4v) is 5.37. The van der Waals surface area contributed by atoms with Crippen LogP contribution in [0.4, 0.5) is 11.5 Å². The van der Waals surface area contributed by atoms with Crippen LogP contribution >= 0.6 is 0 Å². The highest BCUT2D eigenvalue weighted by atomic mass is 32.2. The van der Waals surface area contributed by atoms with E-state index in [1.807, 2.05) is 25.1 Å². The number of benzene rings is 1. The van der Waals surface area contributed by atoms with Crippen molar-refractivity contribution < 1.29 is 17.7 Å². The Morgan fingerprint density at radius 2 is 2.03 bits per heavy atom. The van der Waals surface area contributed by atoms with Gasteiger partial charge in [-0.1, -0.05) is 12.1 Å². The summed E-state index contributed by atoms with van der Waals surface area (Å²) in [6.45, 7) is 3.98. The van der Waals surface area contributed by atoms with E-state index < -0.39 is 10.2 Å². The van der Waals surface area contributed by atoms with Crippen LogP contribution in [0, 0.1) is 0 Å². The first-order chi connectivity index (χ1) is 15.0. The van der Waals surface area contributed by atoms with Crippen molar-refractivity contribution in [2.45, 2.75) is 32.6 Å². The maximum absolute atomic E-state index is 12.8. The van der Waals surface area contributed by atoms with Gasteiger partial charge < -0.3 is 15.0 Å². The summed E-state index contributed by atoms with van der Waals surface area (Å²) in [5, 5.41) is 5.08. The lowest BCUT2D eigenvalue weighted by molar-refractivity contribution is 0.302. The van der Waals surface area contributed by atoms with Gasteiger partial charge in [-0.3, -0.25) is 4.31 Å². The topological polar surface area (TPSA) is 115 Å². The minimum Gasteiger partial charge on any atom is -0.493 e. The zero-order chi connectivity index (χ0) is 21.8. The molecule has 31 heavy (non-hydrogen) atoms. The molecule has 2 N–H and O–H groups in total. The average Bonchev–Trinajstić information content (AvgIpc) is 3.30. The largest absolute Gasteiger partial charge is 0.493 e. The molecular formula is C21H27N5O4S. The summed E-state index contributed by atoms with van der Waals surface area (Å²) in [5.41, 5.74) is 7.92. The van der Waals surface area contributed by atoms with Crippen LogP contribution in [-0.2, 0) is 16.6 Å². The van der Waals surface area contributed by atoms with Crippen molar-refractivity contribution in [1.29, 1.82) is 0 Å². The summed E-state index contributed by atoms with van der Waals surface area (Å²) in [6, 6.07) is 9.00. The minimum absolute atomic E-state index is 0.305. The van der Waals surface area contributed by atoms with Gasteiger partial charge in [0.25, 0.3) is 0 Å². The standard InChI is InChI=1S/C21H27N5O4S/c1-2-19-18-7-6-17(15-20(18)30-24-19)29-13-5-3-4-10-25-11-12-26(31(25,27)28)16-8-9-23-21(22)14-16/h6-9,14-15H,2-5,10-13H2,1H3,(H2,22,23). The number of aryl methyl sites for hydroxylation is 1. The van der Waals surface area contributed by atoms with E-state index in [-0.39, 0.29) is 0 Å². The molecule has 0 bridgehead atoms. The molecule has 1 aromatic carbocycles. The first-order valence-electron chi connectivity index (χ1n) is 10.5. The first-order valence-corrected chi connectivity index (χ1v) is 11.9. The number of hydrogen-bond donors (Lipinski definition) is 1. The summed E-state index contributed by atoms with van der Waals surface area (Å²) >= 11 is 0. The number of nitrogens with zero attached hydrogens (tertiary/aromatic N) is 4. The zero-order valence-electron chi connectivity index (χ0n) is 17.5. The number of ether oxygens (including phenoxy) is 1. The molecule has 3 aromatic rings. The van der Waals surface area contributed by atoms with Crippen molar-refractivity contribution in [2.24, 2.45) is 0 Å². The van der Waals surface area contributed by atoms with Crippen molar-refractivity contribution in [2.75, 3.05) is 36.3 Å². The molecule has 1 fully saturated rings. The van der Waals surface area contributed by atoms with E-state index in [0.29, 0.717) is 37.7 Å². The van der Waals surface area contributed by atoms with E-state index in [0.717, 1.165) is 48.1 Å². The van der Waals surface area contributed by atoms with Crippen LogP contribution in [0.3, 0.4) is 0 Å². The molecular weight excluding hydrogens is 418 g/mol. The molecule has 9 nitrogen and oxygen atoms in total. The van der Waals surface area contributed by atoms with E-state index in [1.54, 1.807) is 12.1 Å². The van der Waals surface area contributed by atoms with Crippen LogP contribution in [0.2, 0.25) is 0 Å². The van der Waals surface area contributed by atoms with E-state index >= 15 is 0 Å². The van der Waals surface area contributed by atoms with Crippen LogP contribution in [-0.4, -0.2) is 49.1 Å². The molecule has 1 saturated heterocycles. The van der Waals surface area contributed by atoms with Crippen LogP contribution in [0.1, 0.15) is 31.9 Å². The molecule has 0 radical (unpaired) electrons. The molecule has 0 atom stereocenters. The molecule has 10 heteroatoms. The highest BCUT2D eigenvalue weighted by molar-refractivity contribution is 7.90. The highest BCUT2D eigenvalue weighted by Crippen LogP contribution is 2.26. The summed E-state index contributed by atoms with van der Waals surface area (Å²) in [5.74, 6) is 1.06. The molecule has 3 heterocycles. The monoisotopic (exact) mass is 445 g/mol. The Balaban J connectivity index is 1.21. The summed E-state index contributed by atoms with van der Waals surface area (Å²) in [7, 11) is -3.52. The second kappa shape index (κ2) is 9.11. The van der Waals surface area contributed by atoms with Crippen molar-refractivity contribution in [3.63, 3.8) is 0 Å². The third-order valence-electron chi connectivity index (χ3n) is 5.38. The lowest BCUT2D eigenvalue weighted by atomic mass is 10.2. The Kier molecular flexibility index (Phi) is 6.28. The summed E-state index contributed by atoms with van der Waals surface area (Å²) in [4.78, 5) is 3.92. The third-order valence-corrected chi connectivity index (χ3v) is 7.35. The van der Waals surface area contributed by atoms with Gasteiger partial charge in [-0.2, -0.15) is 12.7 Å². The van der Waals surface area contributed by atoms with E-state index in [2.05, 4.69) is 10.1 Å². The fourth-order valence-electron chi connectivity index (χ4n) is 3.73. The predicted molar refractivity (Wildman–Crippen MR) is 119 cm³/mol. The smallest absolute Gasteiger partial charge is 0.304 e. The number of nitrogen functional groups attached to an aromatic ring is 1. The normalized spacial score (nSPS) is 16.2. The van der Waals surface area contributed by atoms with Gasteiger partial charge in [0.2, 0.25) is 0 Å². The number of nitrogens with two attached hydrogens (primary N) is 1. The van der Waals surface area contributed by atoms with E-state index in [9.17, 15) is 8.42 Å². The van der Waals surface area contributed by atoms with Gasteiger partial charge in [0.15, 0.2) is 5.58 Å². The van der Waals surface area contributed by atoms with Crippen LogP contribution in [0.25, 0.3) is 11.0 Å². The number of pyridine rings is 1. The van der Waals surface area contributed by atoms with Crippen molar-refractivity contribution in [3.05, 3.63) is 42.2 Å². The lowest BCUT2D eigenvalue weighted by Crippen LogP contribution is -2.33. The molecule has 1 aliphatic rings. The van der Waals surface area contributed by atoms with E-state index in [4.69, 9.17) is 15.0 Å². The minimum atomic E-state index is -3.52. The van der Waals surface area contributed by atoms with Crippen LogP contribution in [0.15, 0.2) is 41.1 Å². The van der Waals surface area contributed by atoms with Gasteiger partial charge in [-0.05, 0) is 43.9 Å². The Morgan fingerprint density at radius 1 is 1.16 bits per heavy atom. The van der Waals surface area contributed by atoms with Gasteiger partial charge in [0, 0.05) is 43.4 Å². The molecule has 4 rings (SSSR count). The third kappa shape index (κ3) is 4.59.